The van der Waals surface area contributed by atoms with Gasteiger partial charge in [-0.25, -0.2) is 4.79 Å². The minimum absolute atomic E-state index is 0.0327. The number of aromatic hydroxyl groups is 1. The number of carbonyl (C=O) groups is 4. The molecule has 0 saturated carbocycles. The molecule has 1 unspecified atom stereocenters. The molecule has 0 aliphatic carbocycles. The number of ether oxygens (including phenoxy) is 2. The maximum Gasteiger partial charge on any atom is 0.328 e. The molecule has 7 N–H and O–H groups in total. The number of benzene rings is 2. The second-order valence-corrected chi connectivity index (χ2v) is 13.0. The number of phenolic OH excluding ortho intramolecular Hbond substituents is 1. The summed E-state index contributed by atoms with van der Waals surface area (Å²) in [4.78, 5) is 56.4. The van der Waals surface area contributed by atoms with Crippen LogP contribution in [0.5, 0.6) is 5.75 Å². The van der Waals surface area contributed by atoms with Gasteiger partial charge in [-0.15, -0.1) is 0 Å². The van der Waals surface area contributed by atoms with Gasteiger partial charge in [-0.2, -0.15) is 0 Å². The highest BCUT2D eigenvalue weighted by Crippen LogP contribution is 2.30. The number of amides is 3. The van der Waals surface area contributed by atoms with Crippen LogP contribution in [0.4, 0.5) is 0 Å². The molecule has 3 fully saturated rings. The number of nitrogens with one attached hydrogen (secondary N) is 3. The summed E-state index contributed by atoms with van der Waals surface area (Å²) in [5.74, 6) is -5.23. The summed E-state index contributed by atoms with van der Waals surface area (Å²) in [5.41, 5.74) is 1.42. The van der Waals surface area contributed by atoms with E-state index in [1.54, 1.807) is 38.1 Å². The standard InChI is InChI=1S/C34H44N4O10/c1-19(2)27-33(45)47-17-26-28(40)29(41)34(46,48-26)18-35-24(16-21-10-12-22(39)13-11-21)32(44)38-14-6-9-25(38)31(43)36-23(30(42)37-27)15-20-7-4-3-5-8-20/h3-5,7-8,10-13,19,23-29,35,39-41,46H,6,9,14-18H2,1-2H3,(H,36,43)(H,37,42)/t23-,24-,25?,26+,27-,28+,29-,34+/m0/s1. The highest BCUT2D eigenvalue weighted by molar-refractivity contribution is 5.94. The van der Waals surface area contributed by atoms with E-state index in [0.29, 0.717) is 18.4 Å². The molecule has 14 heteroatoms. The summed E-state index contributed by atoms with van der Waals surface area (Å²) in [6, 6.07) is 11.1. The van der Waals surface area contributed by atoms with Crippen LogP contribution in [-0.2, 0) is 41.5 Å². The highest BCUT2D eigenvalue weighted by atomic mass is 16.7. The van der Waals surface area contributed by atoms with E-state index in [1.807, 2.05) is 18.2 Å². The molecule has 2 aromatic carbocycles. The Morgan fingerprint density at radius 2 is 1.58 bits per heavy atom. The third-order valence-electron chi connectivity index (χ3n) is 9.16. The van der Waals surface area contributed by atoms with Gasteiger partial charge in [-0.05, 0) is 48.4 Å². The van der Waals surface area contributed by atoms with Crippen molar-refractivity contribution in [2.24, 2.45) is 5.92 Å². The zero-order chi connectivity index (χ0) is 34.6. The van der Waals surface area contributed by atoms with Gasteiger partial charge in [-0.3, -0.25) is 14.4 Å². The van der Waals surface area contributed by atoms with E-state index >= 15 is 0 Å². The molecule has 3 amide bonds. The van der Waals surface area contributed by atoms with Gasteiger partial charge in [0.2, 0.25) is 23.5 Å². The normalized spacial score (nSPS) is 32.2. The average molecular weight is 669 g/mol. The van der Waals surface area contributed by atoms with Crippen LogP contribution in [0.3, 0.4) is 0 Å². The highest BCUT2D eigenvalue weighted by Gasteiger charge is 2.54. The Morgan fingerprint density at radius 1 is 0.917 bits per heavy atom. The molecule has 0 radical (unpaired) electrons. The Labute approximate surface area is 278 Å². The Hall–Kier alpha value is -4.08. The van der Waals surface area contributed by atoms with Crippen molar-refractivity contribution in [1.29, 1.82) is 0 Å². The van der Waals surface area contributed by atoms with E-state index in [2.05, 4.69) is 16.0 Å². The first-order valence-corrected chi connectivity index (χ1v) is 16.3. The smallest absolute Gasteiger partial charge is 0.328 e. The molecule has 0 spiro atoms. The van der Waals surface area contributed by atoms with Crippen molar-refractivity contribution in [3.8, 4) is 5.75 Å². The molecular formula is C34H44N4O10. The summed E-state index contributed by atoms with van der Waals surface area (Å²) in [6.45, 7) is 2.61. The first-order chi connectivity index (χ1) is 22.9. The van der Waals surface area contributed by atoms with Crippen molar-refractivity contribution in [3.63, 3.8) is 0 Å². The molecule has 2 aromatic rings. The number of hydrogen-bond acceptors (Lipinski definition) is 11. The Bertz CT molecular complexity index is 1460. The van der Waals surface area contributed by atoms with Crippen molar-refractivity contribution < 1.29 is 49.1 Å². The van der Waals surface area contributed by atoms with E-state index in [9.17, 15) is 39.6 Å². The van der Waals surface area contributed by atoms with Crippen molar-refractivity contribution in [1.82, 2.24) is 20.9 Å². The van der Waals surface area contributed by atoms with Crippen LogP contribution in [0.1, 0.15) is 37.8 Å². The Morgan fingerprint density at radius 3 is 2.27 bits per heavy atom. The number of hydrogen-bond donors (Lipinski definition) is 7. The maximum absolute atomic E-state index is 14.1. The third-order valence-corrected chi connectivity index (χ3v) is 9.16. The molecule has 3 saturated heterocycles. The number of aliphatic hydroxyl groups excluding tert-OH is 2. The molecular weight excluding hydrogens is 624 g/mol. The third kappa shape index (κ3) is 7.96. The summed E-state index contributed by atoms with van der Waals surface area (Å²) < 4.78 is 11.0. The van der Waals surface area contributed by atoms with E-state index < -0.39 is 91.0 Å². The summed E-state index contributed by atoms with van der Waals surface area (Å²) in [7, 11) is 0. The number of esters is 1. The van der Waals surface area contributed by atoms with Gasteiger partial charge in [0.05, 0.1) is 12.6 Å². The zero-order valence-electron chi connectivity index (χ0n) is 27.0. The van der Waals surface area contributed by atoms with Crippen LogP contribution < -0.4 is 16.0 Å². The van der Waals surface area contributed by atoms with E-state index in [1.165, 1.54) is 17.0 Å². The molecule has 48 heavy (non-hydrogen) atoms. The predicted molar refractivity (Wildman–Crippen MR) is 170 cm³/mol. The van der Waals surface area contributed by atoms with Crippen LogP contribution in [-0.4, -0.2) is 117 Å². The second-order valence-electron chi connectivity index (χ2n) is 13.0. The lowest BCUT2D eigenvalue weighted by Crippen LogP contribution is -2.59. The molecule has 0 aromatic heterocycles. The van der Waals surface area contributed by atoms with Gasteiger partial charge in [0.1, 0.15) is 48.8 Å². The predicted octanol–water partition coefficient (Wildman–Crippen LogP) is -0.882. The molecule has 260 valence electrons. The lowest BCUT2D eigenvalue weighted by Gasteiger charge is -2.33. The first kappa shape index (κ1) is 35.2. The fraction of sp³-hybridized carbons (Fsp3) is 0.529. The largest absolute Gasteiger partial charge is 0.508 e. The fourth-order valence-electron chi connectivity index (χ4n) is 6.37. The summed E-state index contributed by atoms with van der Waals surface area (Å²) >= 11 is 0. The van der Waals surface area contributed by atoms with Crippen LogP contribution in [0, 0.1) is 5.92 Å². The number of nitrogens with zero attached hydrogens (tertiary/aromatic N) is 1. The first-order valence-electron chi connectivity index (χ1n) is 16.3. The van der Waals surface area contributed by atoms with Gasteiger partial charge in [0.15, 0.2) is 0 Å². The minimum Gasteiger partial charge on any atom is -0.508 e. The molecule has 3 aliphatic rings. The van der Waals surface area contributed by atoms with Crippen molar-refractivity contribution in [2.45, 2.75) is 87.8 Å². The minimum atomic E-state index is -2.37. The molecule has 3 heterocycles. The van der Waals surface area contributed by atoms with Crippen LogP contribution in [0.15, 0.2) is 54.6 Å². The number of cyclic esters (lactones) is 1. The molecule has 14 nitrogen and oxygen atoms in total. The lowest BCUT2D eigenvalue weighted by molar-refractivity contribution is -0.229. The molecule has 2 bridgehead atoms. The van der Waals surface area contributed by atoms with Crippen molar-refractivity contribution >= 4 is 23.7 Å². The van der Waals surface area contributed by atoms with E-state index in [0.717, 1.165) is 5.56 Å². The lowest BCUT2D eigenvalue weighted by atomic mass is 10.0. The van der Waals surface area contributed by atoms with Crippen LogP contribution >= 0.6 is 0 Å². The monoisotopic (exact) mass is 668 g/mol. The quantitative estimate of drug-likeness (QED) is 0.195. The fourth-order valence-corrected chi connectivity index (χ4v) is 6.37. The maximum atomic E-state index is 14.1. The number of aliphatic hydroxyl groups is 3. The zero-order valence-corrected chi connectivity index (χ0v) is 27.0. The van der Waals surface area contributed by atoms with Crippen molar-refractivity contribution in [3.05, 3.63) is 65.7 Å². The van der Waals surface area contributed by atoms with Gasteiger partial charge in [0.25, 0.3) is 0 Å². The molecule has 5 rings (SSSR count). The Balaban J connectivity index is 1.48. The number of phenols is 1. The van der Waals surface area contributed by atoms with Gasteiger partial charge in [-0.1, -0.05) is 56.3 Å². The van der Waals surface area contributed by atoms with Crippen LogP contribution in [0.2, 0.25) is 0 Å². The SMILES string of the molecule is CC(C)[C@@H]1NC(=O)[C@H](Cc2ccccc2)NC(=O)C2CCCN2C(=O)[C@H](Cc2ccc(O)cc2)NC[C@@]2(O)O[C@H](COC1=O)[C@@H](O)[C@@H]2O. The Kier molecular flexibility index (Phi) is 11.0. The second kappa shape index (κ2) is 15.0. The van der Waals surface area contributed by atoms with Gasteiger partial charge in [0, 0.05) is 13.0 Å². The van der Waals surface area contributed by atoms with Crippen molar-refractivity contribution in [2.75, 3.05) is 19.7 Å². The average Bonchev–Trinajstić information content (AvgIpc) is 3.64. The number of rotatable bonds is 5. The summed E-state index contributed by atoms with van der Waals surface area (Å²) in [5, 5.41) is 51.0. The number of carbonyl (C=O) groups excluding carboxylic acids is 4. The number of β-amino-alcohol motifs (C(OH)–C–C–N with tert-alkyl or cyclic N) is 1. The topological polar surface area (TPSA) is 207 Å². The molecule has 3 aliphatic heterocycles. The summed E-state index contributed by atoms with van der Waals surface area (Å²) in [6.07, 6.45) is -3.75. The number of fused-ring (bicyclic) bond motifs is 3. The van der Waals surface area contributed by atoms with Gasteiger partial charge >= 0.3 is 5.97 Å². The molecule has 8 atom stereocenters. The van der Waals surface area contributed by atoms with Gasteiger partial charge < -0.3 is 50.8 Å². The van der Waals surface area contributed by atoms with E-state index in [-0.39, 0.29) is 25.1 Å². The van der Waals surface area contributed by atoms with Crippen LogP contribution in [0.25, 0.3) is 0 Å². The van der Waals surface area contributed by atoms with E-state index in [4.69, 9.17) is 9.47 Å².